The molecule has 0 unspecified atom stereocenters. The molecule has 1 aromatic rings. The summed E-state index contributed by atoms with van der Waals surface area (Å²) in [7, 11) is 0. The molecule has 76 valence electrons. The minimum absolute atomic E-state index is 0.352. The Hall–Kier alpha value is -1.47. The van der Waals surface area contributed by atoms with E-state index in [9.17, 15) is 0 Å². The second-order valence-corrected chi connectivity index (χ2v) is 3.06. The molecule has 0 atom stereocenters. The molecule has 1 heterocycles. The summed E-state index contributed by atoms with van der Waals surface area (Å²) in [4.78, 5) is 8.03. The van der Waals surface area contributed by atoms with E-state index in [1.54, 1.807) is 13.1 Å². The molecule has 14 heavy (non-hydrogen) atoms. The Balaban J connectivity index is 2.63. The molecule has 0 aliphatic heterocycles. The van der Waals surface area contributed by atoms with E-state index in [2.05, 4.69) is 20.7 Å². The predicted molar refractivity (Wildman–Crippen MR) is 57.9 cm³/mol. The third-order valence-corrected chi connectivity index (χ3v) is 1.85. The van der Waals surface area contributed by atoms with Crippen LogP contribution in [-0.2, 0) is 6.54 Å². The van der Waals surface area contributed by atoms with Crippen LogP contribution in [0.15, 0.2) is 6.20 Å². The number of nitrogens with zero attached hydrogens (tertiary/aromatic N) is 2. The Labute approximate surface area is 87.1 Å². The van der Waals surface area contributed by atoms with Crippen molar-refractivity contribution < 1.29 is 0 Å². The molecular formula is C7H12N6S. The van der Waals surface area contributed by atoms with Crippen molar-refractivity contribution in [3.8, 4) is 0 Å². The first-order valence-electron chi connectivity index (χ1n) is 3.96. The van der Waals surface area contributed by atoms with Crippen molar-refractivity contribution in [3.63, 3.8) is 0 Å². The quantitative estimate of drug-likeness (QED) is 0.289. The first-order chi connectivity index (χ1) is 6.63. The van der Waals surface area contributed by atoms with Gasteiger partial charge < -0.3 is 16.5 Å². The number of nitrogens with one attached hydrogen (secondary N) is 2. The number of nitrogens with two attached hydrogens (primary N) is 2. The fourth-order valence-corrected chi connectivity index (χ4v) is 0.947. The van der Waals surface area contributed by atoms with E-state index in [1.165, 1.54) is 0 Å². The summed E-state index contributed by atoms with van der Waals surface area (Å²) in [6.07, 6.45) is 1.66. The Morgan fingerprint density at radius 3 is 2.93 bits per heavy atom. The van der Waals surface area contributed by atoms with Crippen molar-refractivity contribution in [3.05, 3.63) is 17.6 Å². The van der Waals surface area contributed by atoms with Gasteiger partial charge in [0.2, 0.25) is 0 Å². The largest absolute Gasteiger partial charge is 0.383 e. The summed E-state index contributed by atoms with van der Waals surface area (Å²) < 4.78 is 0. The van der Waals surface area contributed by atoms with Crippen molar-refractivity contribution in [1.82, 2.24) is 20.7 Å². The van der Waals surface area contributed by atoms with Crippen molar-refractivity contribution >= 4 is 23.1 Å². The number of aromatic nitrogens is 2. The van der Waals surface area contributed by atoms with Crippen LogP contribution >= 0.6 is 12.2 Å². The molecule has 1 aromatic heterocycles. The molecule has 7 heteroatoms. The maximum Gasteiger partial charge on any atom is 0.180 e. The fourth-order valence-electron chi connectivity index (χ4n) is 0.875. The summed E-state index contributed by atoms with van der Waals surface area (Å²) in [5.41, 5.74) is 8.75. The van der Waals surface area contributed by atoms with Gasteiger partial charge >= 0.3 is 0 Å². The molecule has 0 amide bonds. The number of hydrogen-bond acceptors (Lipinski definition) is 5. The number of hydrazine groups is 1. The first-order valence-corrected chi connectivity index (χ1v) is 4.36. The summed E-state index contributed by atoms with van der Waals surface area (Å²) in [5, 5.41) is 3.20. The van der Waals surface area contributed by atoms with Crippen LogP contribution < -0.4 is 22.3 Å². The van der Waals surface area contributed by atoms with Crippen LogP contribution in [0.2, 0.25) is 0 Å². The number of thiocarbonyl (C=S) groups is 1. The van der Waals surface area contributed by atoms with Gasteiger partial charge in [-0.3, -0.25) is 0 Å². The normalized spacial score (nSPS) is 9.57. The second-order valence-electron chi connectivity index (χ2n) is 2.65. The number of aryl methyl sites for hydroxylation is 1. The monoisotopic (exact) mass is 212 g/mol. The van der Waals surface area contributed by atoms with E-state index >= 15 is 0 Å². The Kier molecular flexibility index (Phi) is 3.55. The van der Waals surface area contributed by atoms with Crippen LogP contribution in [0.4, 0.5) is 5.82 Å². The highest BCUT2D eigenvalue weighted by Crippen LogP contribution is 2.05. The van der Waals surface area contributed by atoms with Crippen molar-refractivity contribution in [2.75, 3.05) is 5.73 Å². The zero-order valence-corrected chi connectivity index (χ0v) is 8.56. The standard InChI is InChI=1S/C7H12N6S/c1-4-10-2-5(6(8)12-4)3-11-7(14)13-9/h2H,3,9H2,1H3,(H2,8,10,12)(H2,11,13,14). The van der Waals surface area contributed by atoms with Crippen LogP contribution in [0.1, 0.15) is 11.4 Å². The van der Waals surface area contributed by atoms with Gasteiger partial charge in [-0.05, 0) is 19.1 Å². The van der Waals surface area contributed by atoms with Gasteiger partial charge in [-0.25, -0.2) is 15.8 Å². The lowest BCUT2D eigenvalue weighted by atomic mass is 10.3. The molecule has 6 nitrogen and oxygen atoms in total. The van der Waals surface area contributed by atoms with Gasteiger partial charge in [-0.1, -0.05) is 0 Å². The van der Waals surface area contributed by atoms with Gasteiger partial charge in [0.1, 0.15) is 11.6 Å². The van der Waals surface area contributed by atoms with Gasteiger partial charge in [0.25, 0.3) is 0 Å². The fraction of sp³-hybridized carbons (Fsp3) is 0.286. The highest BCUT2D eigenvalue weighted by molar-refractivity contribution is 7.80. The molecule has 0 aliphatic rings. The lowest BCUT2D eigenvalue weighted by Crippen LogP contribution is -2.39. The topological polar surface area (TPSA) is 102 Å². The zero-order valence-electron chi connectivity index (χ0n) is 7.74. The van der Waals surface area contributed by atoms with E-state index in [0.717, 1.165) is 5.56 Å². The van der Waals surface area contributed by atoms with Crippen LogP contribution in [-0.4, -0.2) is 15.1 Å². The predicted octanol–water partition coefficient (Wildman–Crippen LogP) is -0.795. The summed E-state index contributed by atoms with van der Waals surface area (Å²) >= 11 is 4.79. The van der Waals surface area contributed by atoms with Gasteiger partial charge in [-0.2, -0.15) is 0 Å². The van der Waals surface area contributed by atoms with E-state index in [-0.39, 0.29) is 0 Å². The Morgan fingerprint density at radius 2 is 2.36 bits per heavy atom. The molecule has 0 saturated heterocycles. The van der Waals surface area contributed by atoms with Crippen LogP contribution in [0.5, 0.6) is 0 Å². The maximum absolute atomic E-state index is 5.66. The molecule has 0 saturated carbocycles. The molecule has 0 radical (unpaired) electrons. The van der Waals surface area contributed by atoms with Crippen molar-refractivity contribution in [2.45, 2.75) is 13.5 Å². The lowest BCUT2D eigenvalue weighted by Gasteiger charge is -2.08. The number of anilines is 1. The smallest absolute Gasteiger partial charge is 0.180 e. The van der Waals surface area contributed by atoms with Crippen LogP contribution in [0.3, 0.4) is 0 Å². The van der Waals surface area contributed by atoms with Gasteiger partial charge in [-0.15, -0.1) is 0 Å². The van der Waals surface area contributed by atoms with E-state index in [0.29, 0.717) is 23.3 Å². The molecular weight excluding hydrogens is 200 g/mol. The first kappa shape index (κ1) is 10.6. The number of hydrogen-bond donors (Lipinski definition) is 4. The summed E-state index contributed by atoms with van der Waals surface area (Å²) in [5.74, 6) is 6.18. The highest BCUT2D eigenvalue weighted by Gasteiger charge is 2.01. The SMILES string of the molecule is Cc1ncc(CNC(=S)NN)c(N)n1. The third-order valence-electron chi connectivity index (χ3n) is 1.59. The number of rotatable bonds is 2. The highest BCUT2D eigenvalue weighted by atomic mass is 32.1. The molecule has 1 rings (SSSR count). The van der Waals surface area contributed by atoms with Gasteiger partial charge in [0, 0.05) is 18.3 Å². The molecule has 0 aliphatic carbocycles. The summed E-state index contributed by atoms with van der Waals surface area (Å²) in [6.45, 7) is 2.23. The van der Waals surface area contributed by atoms with E-state index < -0.39 is 0 Å². The van der Waals surface area contributed by atoms with Gasteiger partial charge in [0.05, 0.1) is 0 Å². The summed E-state index contributed by atoms with van der Waals surface area (Å²) in [6, 6.07) is 0. The minimum Gasteiger partial charge on any atom is -0.383 e. The average molecular weight is 212 g/mol. The Morgan fingerprint density at radius 1 is 1.64 bits per heavy atom. The van der Waals surface area contributed by atoms with Crippen molar-refractivity contribution in [2.24, 2.45) is 5.84 Å². The average Bonchev–Trinajstić information content (AvgIpc) is 2.16. The maximum atomic E-state index is 5.66. The Bertz CT molecular complexity index is 339. The van der Waals surface area contributed by atoms with Crippen LogP contribution in [0, 0.1) is 6.92 Å². The molecule has 0 bridgehead atoms. The van der Waals surface area contributed by atoms with Crippen molar-refractivity contribution in [1.29, 1.82) is 0 Å². The lowest BCUT2D eigenvalue weighted by molar-refractivity contribution is 0.852. The minimum atomic E-state index is 0.352. The molecule has 0 spiro atoms. The number of nitrogen functional groups attached to an aromatic ring is 1. The third kappa shape index (κ3) is 2.79. The zero-order chi connectivity index (χ0) is 10.6. The van der Waals surface area contributed by atoms with Gasteiger partial charge in [0.15, 0.2) is 5.11 Å². The molecule has 6 N–H and O–H groups in total. The van der Waals surface area contributed by atoms with E-state index in [1.807, 2.05) is 0 Å². The molecule has 0 aromatic carbocycles. The van der Waals surface area contributed by atoms with Crippen LogP contribution in [0.25, 0.3) is 0 Å². The molecule has 0 fully saturated rings. The van der Waals surface area contributed by atoms with E-state index in [4.69, 9.17) is 23.8 Å². The second kappa shape index (κ2) is 4.68.